The number of rotatable bonds is 8. The molecule has 0 aliphatic carbocycles. The van der Waals surface area contributed by atoms with Gasteiger partial charge in [0.15, 0.2) is 11.7 Å². The Balaban J connectivity index is 1.27. The van der Waals surface area contributed by atoms with Gasteiger partial charge in [-0.1, -0.05) is 41.9 Å². The lowest BCUT2D eigenvalue weighted by molar-refractivity contribution is -0.118. The van der Waals surface area contributed by atoms with Gasteiger partial charge in [0.2, 0.25) is 0 Å². The molecule has 2 atom stereocenters. The van der Waals surface area contributed by atoms with E-state index in [0.29, 0.717) is 21.6 Å². The number of carbonyl (C=O) groups is 1. The van der Waals surface area contributed by atoms with Crippen molar-refractivity contribution in [3.05, 3.63) is 131 Å². The van der Waals surface area contributed by atoms with Crippen molar-refractivity contribution >= 4 is 46.2 Å². The van der Waals surface area contributed by atoms with E-state index in [0.717, 1.165) is 34.0 Å². The van der Waals surface area contributed by atoms with Gasteiger partial charge in [-0.05, 0) is 97.5 Å². The second-order valence-corrected chi connectivity index (χ2v) is 10.7. The first kappa shape index (κ1) is 27.5. The van der Waals surface area contributed by atoms with Crippen molar-refractivity contribution < 1.29 is 13.9 Å². The van der Waals surface area contributed by atoms with E-state index in [1.807, 2.05) is 115 Å². The molecule has 42 heavy (non-hydrogen) atoms. The molecule has 7 nitrogen and oxygen atoms in total. The van der Waals surface area contributed by atoms with Crippen LogP contribution in [0.25, 0.3) is 11.3 Å². The number of ether oxygens (including phenoxy) is 1. The van der Waals surface area contributed by atoms with Crippen molar-refractivity contribution in [3.63, 3.8) is 0 Å². The van der Waals surface area contributed by atoms with Crippen LogP contribution in [-0.2, 0) is 4.79 Å². The molecule has 0 radical (unpaired) electrons. The zero-order chi connectivity index (χ0) is 29.1. The summed E-state index contributed by atoms with van der Waals surface area (Å²) in [5.41, 5.74) is 4.32. The Bertz CT molecular complexity index is 1710. The summed E-state index contributed by atoms with van der Waals surface area (Å²) in [7, 11) is 0. The smallest absolute Gasteiger partial charge is 0.262 e. The molecule has 9 heteroatoms. The number of pyridine rings is 1. The predicted octanol–water partition coefficient (Wildman–Crippen LogP) is 7.50. The Morgan fingerprint density at radius 1 is 1.02 bits per heavy atom. The van der Waals surface area contributed by atoms with E-state index in [1.165, 1.54) is 0 Å². The van der Waals surface area contributed by atoms with E-state index < -0.39 is 0 Å². The maximum absolute atomic E-state index is 12.5. The number of halogens is 1. The van der Waals surface area contributed by atoms with Crippen LogP contribution in [0.1, 0.15) is 29.1 Å². The molecule has 1 fully saturated rings. The van der Waals surface area contributed by atoms with Crippen molar-refractivity contribution in [1.29, 1.82) is 0 Å². The van der Waals surface area contributed by atoms with Gasteiger partial charge in [-0.3, -0.25) is 9.78 Å². The molecule has 3 heterocycles. The summed E-state index contributed by atoms with van der Waals surface area (Å²) in [6.45, 7) is 1.93. The van der Waals surface area contributed by atoms with E-state index in [2.05, 4.69) is 15.6 Å². The average molecular weight is 595 g/mol. The molecule has 6 rings (SSSR count). The van der Waals surface area contributed by atoms with Gasteiger partial charge in [-0.25, -0.2) is 0 Å². The summed E-state index contributed by atoms with van der Waals surface area (Å²) >= 11 is 12.1. The van der Waals surface area contributed by atoms with Gasteiger partial charge in [0.25, 0.3) is 5.91 Å². The molecule has 2 aromatic heterocycles. The highest BCUT2D eigenvalue weighted by Crippen LogP contribution is 2.43. The van der Waals surface area contributed by atoms with Crippen molar-refractivity contribution in [2.45, 2.75) is 19.0 Å². The minimum atomic E-state index is -0.319. The Morgan fingerprint density at radius 2 is 1.81 bits per heavy atom. The summed E-state index contributed by atoms with van der Waals surface area (Å²) < 4.78 is 12.0. The summed E-state index contributed by atoms with van der Waals surface area (Å²) in [4.78, 5) is 19.1. The number of nitrogens with one attached hydrogen (secondary N) is 2. The molecule has 0 saturated carbocycles. The summed E-state index contributed by atoms with van der Waals surface area (Å²) in [6, 6.07) is 31.6. The first-order valence-corrected chi connectivity index (χ1v) is 14.2. The van der Waals surface area contributed by atoms with Crippen LogP contribution in [0.4, 0.5) is 11.4 Å². The van der Waals surface area contributed by atoms with Gasteiger partial charge in [-0.2, -0.15) is 0 Å². The third kappa shape index (κ3) is 5.86. The zero-order valence-corrected chi connectivity index (χ0v) is 24.2. The van der Waals surface area contributed by atoms with Crippen LogP contribution in [0.3, 0.4) is 0 Å². The third-order valence-electron chi connectivity index (χ3n) is 7.02. The minimum Gasteiger partial charge on any atom is -0.484 e. The number of furan rings is 1. The van der Waals surface area contributed by atoms with E-state index >= 15 is 0 Å². The Labute approximate surface area is 254 Å². The lowest BCUT2D eigenvalue weighted by Gasteiger charge is -2.26. The van der Waals surface area contributed by atoms with E-state index in [4.69, 9.17) is 33.0 Å². The maximum Gasteiger partial charge on any atom is 0.262 e. The number of benzene rings is 3. The number of thiocarbonyl (C=S) groups is 1. The van der Waals surface area contributed by atoms with Crippen molar-refractivity contribution in [2.24, 2.45) is 0 Å². The SMILES string of the molecule is Cc1ccc(Cl)cc1-c1ccc([C@H]2[C@H](c3ccccn3)NC(=S)N2c2ccc(NC(=O)COc3ccccc3)cc2)o1. The van der Waals surface area contributed by atoms with Crippen molar-refractivity contribution in [1.82, 2.24) is 10.3 Å². The van der Waals surface area contributed by atoms with Crippen LogP contribution >= 0.6 is 23.8 Å². The highest BCUT2D eigenvalue weighted by atomic mass is 35.5. The molecule has 210 valence electrons. The van der Waals surface area contributed by atoms with E-state index in [1.54, 1.807) is 6.20 Å². The molecule has 1 amide bonds. The molecule has 0 spiro atoms. The van der Waals surface area contributed by atoms with Gasteiger partial charge in [0, 0.05) is 28.2 Å². The number of aryl methyl sites for hydroxylation is 1. The fraction of sp³-hybridized carbons (Fsp3) is 0.121. The average Bonchev–Trinajstić information content (AvgIpc) is 3.63. The van der Waals surface area contributed by atoms with Gasteiger partial charge in [0.05, 0.1) is 11.7 Å². The van der Waals surface area contributed by atoms with Gasteiger partial charge in [-0.15, -0.1) is 0 Å². The fourth-order valence-corrected chi connectivity index (χ4v) is 5.52. The number of carbonyl (C=O) groups excluding carboxylic acids is 1. The number of hydrogen-bond acceptors (Lipinski definition) is 5. The van der Waals surface area contributed by atoms with Crippen LogP contribution in [-0.4, -0.2) is 22.6 Å². The first-order chi connectivity index (χ1) is 20.5. The maximum atomic E-state index is 12.5. The van der Waals surface area contributed by atoms with Crippen LogP contribution in [0.15, 0.2) is 114 Å². The lowest BCUT2D eigenvalue weighted by Crippen LogP contribution is -2.29. The van der Waals surface area contributed by atoms with Crippen LogP contribution in [0, 0.1) is 6.92 Å². The minimum absolute atomic E-state index is 0.0906. The predicted molar refractivity (Wildman–Crippen MR) is 169 cm³/mol. The number of aromatic nitrogens is 1. The summed E-state index contributed by atoms with van der Waals surface area (Å²) in [5, 5.41) is 7.51. The Morgan fingerprint density at radius 3 is 2.57 bits per heavy atom. The number of amides is 1. The molecule has 3 aromatic carbocycles. The molecule has 1 aliphatic heterocycles. The molecule has 1 aliphatic rings. The third-order valence-corrected chi connectivity index (χ3v) is 7.57. The number of nitrogens with zero attached hydrogens (tertiary/aromatic N) is 2. The molecule has 0 bridgehead atoms. The standard InChI is InChI=1S/C33H27ClN4O3S/c1-21-10-11-22(34)19-26(21)28-16-17-29(41-28)32-31(27-9-5-6-18-35-27)37-33(42)38(32)24-14-12-23(13-15-24)36-30(39)20-40-25-7-3-2-4-8-25/h2-19,31-32H,20H2,1H3,(H,36,39)(H,37,42)/t31-,32-/m0/s1. The van der Waals surface area contributed by atoms with Crippen LogP contribution < -0.4 is 20.3 Å². The van der Waals surface area contributed by atoms with E-state index in [-0.39, 0.29) is 24.6 Å². The number of para-hydroxylation sites is 1. The largest absolute Gasteiger partial charge is 0.484 e. The first-order valence-electron chi connectivity index (χ1n) is 13.4. The zero-order valence-electron chi connectivity index (χ0n) is 22.7. The molecule has 5 aromatic rings. The van der Waals surface area contributed by atoms with Crippen LogP contribution in [0.2, 0.25) is 5.02 Å². The quantitative estimate of drug-likeness (QED) is 0.180. The molecule has 1 saturated heterocycles. The lowest BCUT2D eigenvalue weighted by atomic mass is 10.0. The Kier molecular flexibility index (Phi) is 7.90. The second kappa shape index (κ2) is 12.1. The summed E-state index contributed by atoms with van der Waals surface area (Å²) in [6.07, 6.45) is 1.77. The second-order valence-electron chi connectivity index (χ2n) is 9.85. The number of hydrogen-bond donors (Lipinski definition) is 2. The highest BCUT2D eigenvalue weighted by Gasteiger charge is 2.42. The molecular formula is C33H27ClN4O3S. The molecule has 2 N–H and O–H groups in total. The number of anilines is 2. The van der Waals surface area contributed by atoms with Gasteiger partial charge < -0.3 is 24.7 Å². The topological polar surface area (TPSA) is 79.6 Å². The van der Waals surface area contributed by atoms with Gasteiger partial charge >= 0.3 is 0 Å². The van der Waals surface area contributed by atoms with Gasteiger partial charge in [0.1, 0.15) is 23.3 Å². The fourth-order valence-electron chi connectivity index (χ4n) is 5.01. The normalized spacial score (nSPS) is 16.2. The Hall–Kier alpha value is -4.66. The van der Waals surface area contributed by atoms with Crippen LogP contribution in [0.5, 0.6) is 5.75 Å². The van der Waals surface area contributed by atoms with Crippen molar-refractivity contribution in [2.75, 3.05) is 16.8 Å². The highest BCUT2D eigenvalue weighted by molar-refractivity contribution is 7.80. The van der Waals surface area contributed by atoms with E-state index in [9.17, 15) is 4.79 Å². The monoisotopic (exact) mass is 594 g/mol. The van der Waals surface area contributed by atoms with Crippen molar-refractivity contribution in [3.8, 4) is 17.1 Å². The summed E-state index contributed by atoms with van der Waals surface area (Å²) in [5.74, 6) is 1.83. The molecule has 0 unspecified atom stereocenters. The molecular weight excluding hydrogens is 568 g/mol.